The van der Waals surface area contributed by atoms with Gasteiger partial charge in [-0.3, -0.25) is 4.79 Å². The van der Waals surface area contributed by atoms with Crippen LogP contribution in [0.2, 0.25) is 0 Å². The maximum absolute atomic E-state index is 12.7. The van der Waals surface area contributed by atoms with Crippen LogP contribution < -0.4 is 10.0 Å². The molecule has 1 heterocycles. The Morgan fingerprint density at radius 1 is 1.20 bits per heavy atom. The van der Waals surface area contributed by atoms with Gasteiger partial charge in [-0.25, -0.2) is 13.1 Å². The molecule has 6 nitrogen and oxygen atoms in total. The highest BCUT2D eigenvalue weighted by molar-refractivity contribution is 7.89. The van der Waals surface area contributed by atoms with E-state index in [-0.39, 0.29) is 17.9 Å². The number of rotatable bonds is 10. The molecule has 0 amide bonds. The van der Waals surface area contributed by atoms with Gasteiger partial charge in [0.25, 0.3) is 0 Å². The van der Waals surface area contributed by atoms with Crippen LogP contribution in [0.4, 0.5) is 0 Å². The molecule has 140 valence electrons. The quantitative estimate of drug-likeness (QED) is 0.487. The highest BCUT2D eigenvalue weighted by Crippen LogP contribution is 2.21. The van der Waals surface area contributed by atoms with Gasteiger partial charge in [0.1, 0.15) is 0 Å². The van der Waals surface area contributed by atoms with E-state index in [1.54, 1.807) is 19.1 Å². The number of sulfonamides is 1. The van der Waals surface area contributed by atoms with Crippen molar-refractivity contribution in [2.75, 3.05) is 19.7 Å². The second kappa shape index (κ2) is 8.78. The van der Waals surface area contributed by atoms with E-state index in [1.165, 1.54) is 6.42 Å². The molecule has 1 aliphatic heterocycles. The summed E-state index contributed by atoms with van der Waals surface area (Å²) in [5.41, 5.74) is 0.337. The van der Waals surface area contributed by atoms with Crippen molar-refractivity contribution >= 4 is 16.0 Å². The van der Waals surface area contributed by atoms with Gasteiger partial charge >= 0.3 is 5.97 Å². The summed E-state index contributed by atoms with van der Waals surface area (Å²) < 4.78 is 33.0. The number of esters is 1. The minimum atomic E-state index is -3.68. The average molecular weight is 368 g/mol. The Morgan fingerprint density at radius 2 is 1.88 bits per heavy atom. The first kappa shape index (κ1) is 19.9. The lowest BCUT2D eigenvalue weighted by Gasteiger charge is -2.42. The largest absolute Gasteiger partial charge is 0.466 e. The molecular weight excluding hydrogens is 340 g/mol. The second-order valence-electron chi connectivity index (χ2n) is 6.57. The molecule has 0 saturated carbocycles. The average Bonchev–Trinajstić information content (AvgIpc) is 2.53. The van der Waals surface area contributed by atoms with Crippen LogP contribution in [-0.2, 0) is 26.0 Å². The van der Waals surface area contributed by atoms with E-state index in [1.807, 2.05) is 12.1 Å². The van der Waals surface area contributed by atoms with E-state index in [9.17, 15) is 13.2 Å². The summed E-state index contributed by atoms with van der Waals surface area (Å²) >= 11 is 0. The lowest BCUT2D eigenvalue weighted by molar-refractivity contribution is -0.145. The highest BCUT2D eigenvalue weighted by Gasteiger charge is 2.43. The van der Waals surface area contributed by atoms with Gasteiger partial charge in [0, 0.05) is 13.1 Å². The zero-order valence-electron chi connectivity index (χ0n) is 15.0. The predicted octanol–water partition coefficient (Wildman–Crippen LogP) is 1.99. The molecular formula is C18H28N2O4S. The van der Waals surface area contributed by atoms with Crippen LogP contribution in [-0.4, -0.2) is 39.6 Å². The summed E-state index contributed by atoms with van der Waals surface area (Å²) in [6.07, 6.45) is 4.42. The van der Waals surface area contributed by atoms with Gasteiger partial charge in [-0.05, 0) is 37.5 Å². The Morgan fingerprint density at radius 3 is 2.40 bits per heavy atom. The summed E-state index contributed by atoms with van der Waals surface area (Å²) in [7, 11) is -3.68. The van der Waals surface area contributed by atoms with Gasteiger partial charge in [-0.15, -0.1) is 0 Å². The first-order valence-corrected chi connectivity index (χ1v) is 10.4. The molecule has 0 aromatic heterocycles. The van der Waals surface area contributed by atoms with Gasteiger partial charge in [-0.2, -0.15) is 0 Å². The summed E-state index contributed by atoms with van der Waals surface area (Å²) in [6.45, 7) is 5.01. The summed E-state index contributed by atoms with van der Waals surface area (Å²) in [6, 6.07) is 6.99. The third-order valence-electron chi connectivity index (χ3n) is 4.37. The molecule has 1 aliphatic rings. The van der Waals surface area contributed by atoms with Crippen LogP contribution in [0.15, 0.2) is 29.2 Å². The monoisotopic (exact) mass is 368 g/mol. The minimum absolute atomic E-state index is 0.0299. The normalized spacial score (nSPS) is 16.2. The predicted molar refractivity (Wildman–Crippen MR) is 96.8 cm³/mol. The van der Waals surface area contributed by atoms with Crippen molar-refractivity contribution in [3.63, 3.8) is 0 Å². The Bertz CT molecular complexity index is 667. The van der Waals surface area contributed by atoms with Gasteiger partial charge in [0.2, 0.25) is 10.0 Å². The first-order valence-electron chi connectivity index (χ1n) is 8.90. The summed E-state index contributed by atoms with van der Waals surface area (Å²) in [5, 5.41) is 3.03. The third kappa shape index (κ3) is 5.52. The molecule has 25 heavy (non-hydrogen) atoms. The molecule has 1 fully saturated rings. The fraction of sp³-hybridized carbons (Fsp3) is 0.611. The number of nitrogens with one attached hydrogen (secondary N) is 2. The Balaban J connectivity index is 2.03. The van der Waals surface area contributed by atoms with E-state index < -0.39 is 21.5 Å². The third-order valence-corrected chi connectivity index (χ3v) is 5.96. The van der Waals surface area contributed by atoms with Crippen molar-refractivity contribution in [3.8, 4) is 0 Å². The van der Waals surface area contributed by atoms with E-state index in [2.05, 4.69) is 17.0 Å². The van der Waals surface area contributed by atoms with E-state index in [4.69, 9.17) is 4.74 Å². The van der Waals surface area contributed by atoms with Gasteiger partial charge in [-0.1, -0.05) is 31.9 Å². The SMILES string of the molecule is CCCCCc1ccc(S(=O)(=O)NC2(CC(=O)OCC)CNC2)cc1. The zero-order chi connectivity index (χ0) is 18.3. The number of aryl methyl sites for hydroxylation is 1. The Hall–Kier alpha value is -1.44. The number of carbonyl (C=O) groups excluding carboxylic acids is 1. The Kier molecular flexibility index (Phi) is 6.98. The molecule has 7 heteroatoms. The molecule has 2 rings (SSSR count). The molecule has 1 saturated heterocycles. The van der Waals surface area contributed by atoms with E-state index in [0.29, 0.717) is 13.1 Å². The summed E-state index contributed by atoms with van der Waals surface area (Å²) in [4.78, 5) is 12.0. The number of unbranched alkanes of at least 4 members (excludes halogenated alkanes) is 2. The van der Waals surface area contributed by atoms with Crippen molar-refractivity contribution in [3.05, 3.63) is 29.8 Å². The highest BCUT2D eigenvalue weighted by atomic mass is 32.2. The number of hydrogen-bond acceptors (Lipinski definition) is 5. The van der Waals surface area contributed by atoms with E-state index in [0.717, 1.165) is 24.8 Å². The number of hydrogen-bond donors (Lipinski definition) is 2. The zero-order valence-corrected chi connectivity index (χ0v) is 15.8. The summed E-state index contributed by atoms with van der Waals surface area (Å²) in [5.74, 6) is -0.391. The van der Waals surface area contributed by atoms with Crippen molar-refractivity contribution < 1.29 is 17.9 Å². The molecule has 0 unspecified atom stereocenters. The fourth-order valence-electron chi connectivity index (χ4n) is 2.91. The second-order valence-corrected chi connectivity index (χ2v) is 8.25. The van der Waals surface area contributed by atoms with Crippen molar-refractivity contribution in [2.45, 2.75) is 56.4 Å². The Labute approximate surface area is 150 Å². The van der Waals surface area contributed by atoms with Crippen LogP contribution in [0.3, 0.4) is 0 Å². The van der Waals surface area contributed by atoms with Crippen molar-refractivity contribution in [1.29, 1.82) is 0 Å². The first-order chi connectivity index (χ1) is 11.9. The molecule has 1 aromatic carbocycles. The maximum Gasteiger partial charge on any atom is 0.307 e. The molecule has 1 aromatic rings. The molecule has 0 aliphatic carbocycles. The smallest absolute Gasteiger partial charge is 0.307 e. The number of benzene rings is 1. The molecule has 0 spiro atoms. The van der Waals surface area contributed by atoms with Crippen LogP contribution in [0, 0.1) is 0 Å². The molecule has 0 bridgehead atoms. The van der Waals surface area contributed by atoms with Gasteiger partial charge < -0.3 is 10.1 Å². The van der Waals surface area contributed by atoms with Crippen LogP contribution >= 0.6 is 0 Å². The van der Waals surface area contributed by atoms with Crippen molar-refractivity contribution in [2.24, 2.45) is 0 Å². The topological polar surface area (TPSA) is 84.5 Å². The maximum atomic E-state index is 12.7. The molecule has 2 N–H and O–H groups in total. The lowest BCUT2D eigenvalue weighted by Crippen LogP contribution is -2.69. The minimum Gasteiger partial charge on any atom is -0.466 e. The fourth-order valence-corrected chi connectivity index (χ4v) is 4.31. The number of carbonyl (C=O) groups is 1. The number of ether oxygens (including phenoxy) is 1. The van der Waals surface area contributed by atoms with Crippen LogP contribution in [0.5, 0.6) is 0 Å². The lowest BCUT2D eigenvalue weighted by atomic mass is 9.90. The van der Waals surface area contributed by atoms with Crippen LogP contribution in [0.25, 0.3) is 0 Å². The standard InChI is InChI=1S/C18H28N2O4S/c1-3-5-6-7-15-8-10-16(11-9-15)25(22,23)20-18(13-19-14-18)12-17(21)24-4-2/h8-11,19-20H,3-7,12-14H2,1-2H3. The van der Waals surface area contributed by atoms with Crippen LogP contribution in [0.1, 0.15) is 45.1 Å². The van der Waals surface area contributed by atoms with Gasteiger partial charge in [0.05, 0.1) is 23.5 Å². The molecule has 0 atom stereocenters. The van der Waals surface area contributed by atoms with Gasteiger partial charge in [0.15, 0.2) is 0 Å². The molecule has 0 radical (unpaired) electrons. The van der Waals surface area contributed by atoms with Crippen molar-refractivity contribution in [1.82, 2.24) is 10.0 Å². The van der Waals surface area contributed by atoms with E-state index >= 15 is 0 Å².